The third kappa shape index (κ3) is 4.47. The van der Waals surface area contributed by atoms with Crippen molar-refractivity contribution in [1.29, 1.82) is 0 Å². The molecule has 0 saturated carbocycles. The number of carbonyl (C=O) groups excluding carboxylic acids is 1. The summed E-state index contributed by atoms with van der Waals surface area (Å²) in [4.78, 5) is 33.6. The molecule has 0 unspecified atom stereocenters. The average Bonchev–Trinajstić information content (AvgIpc) is 3.19. The summed E-state index contributed by atoms with van der Waals surface area (Å²) in [6, 6.07) is 13.2. The van der Waals surface area contributed by atoms with Gasteiger partial charge in [-0.25, -0.2) is 0 Å². The summed E-state index contributed by atoms with van der Waals surface area (Å²) >= 11 is 5.05. The first-order chi connectivity index (χ1) is 14.3. The van der Waals surface area contributed by atoms with Gasteiger partial charge in [0.05, 0.1) is 15.4 Å². The highest BCUT2D eigenvalue weighted by molar-refractivity contribution is 7.80. The summed E-state index contributed by atoms with van der Waals surface area (Å²) in [6.07, 6.45) is 0. The Labute approximate surface area is 174 Å². The number of nitro groups is 2. The van der Waals surface area contributed by atoms with E-state index in [0.29, 0.717) is 5.56 Å². The van der Waals surface area contributed by atoms with E-state index in [1.807, 2.05) is 0 Å². The lowest BCUT2D eigenvalue weighted by molar-refractivity contribution is -0.384. The van der Waals surface area contributed by atoms with Crippen molar-refractivity contribution in [1.82, 2.24) is 5.32 Å². The van der Waals surface area contributed by atoms with E-state index in [1.165, 1.54) is 42.5 Å². The highest BCUT2D eigenvalue weighted by atomic mass is 32.1. The number of nitrogens with one attached hydrogen (secondary N) is 2. The number of anilines is 1. The number of para-hydroxylation sites is 1. The summed E-state index contributed by atoms with van der Waals surface area (Å²) in [5.41, 5.74) is 0.680. The maximum absolute atomic E-state index is 12.4. The molecule has 2 aromatic carbocycles. The Kier molecular flexibility index (Phi) is 5.83. The summed E-state index contributed by atoms with van der Waals surface area (Å²) < 4.78 is 5.44. The van der Waals surface area contributed by atoms with Gasteiger partial charge in [0.1, 0.15) is 11.4 Å². The summed E-state index contributed by atoms with van der Waals surface area (Å²) in [7, 11) is 0. The molecule has 3 aromatic rings. The average molecular weight is 426 g/mol. The predicted octanol–water partition coefficient (Wildman–Crippen LogP) is 4.20. The van der Waals surface area contributed by atoms with Crippen LogP contribution in [-0.4, -0.2) is 20.9 Å². The van der Waals surface area contributed by atoms with Gasteiger partial charge in [-0.15, -0.1) is 0 Å². The topological polar surface area (TPSA) is 141 Å². The van der Waals surface area contributed by atoms with Gasteiger partial charge >= 0.3 is 0 Å². The van der Waals surface area contributed by atoms with E-state index in [-0.39, 0.29) is 39.3 Å². The second-order valence-electron chi connectivity index (χ2n) is 6.12. The van der Waals surface area contributed by atoms with Crippen LogP contribution in [0.1, 0.15) is 16.1 Å². The van der Waals surface area contributed by atoms with E-state index in [1.54, 1.807) is 19.1 Å². The SMILES string of the molecule is Cc1ccc(NC(=S)NC(=O)c2ccc(-c3ccccc3[N+](=O)[O-])o2)c([N+](=O)[O-])c1. The predicted molar refractivity (Wildman–Crippen MR) is 112 cm³/mol. The fourth-order valence-corrected chi connectivity index (χ4v) is 2.87. The van der Waals surface area contributed by atoms with Crippen molar-refractivity contribution in [2.75, 3.05) is 5.32 Å². The van der Waals surface area contributed by atoms with E-state index in [2.05, 4.69) is 10.6 Å². The Morgan fingerprint density at radius 1 is 1.00 bits per heavy atom. The molecule has 1 aromatic heterocycles. The number of furan rings is 1. The third-order valence-corrected chi connectivity index (χ3v) is 4.23. The fourth-order valence-electron chi connectivity index (χ4n) is 2.66. The van der Waals surface area contributed by atoms with Crippen LogP contribution < -0.4 is 10.6 Å². The van der Waals surface area contributed by atoms with Gasteiger partial charge in [0.2, 0.25) is 0 Å². The van der Waals surface area contributed by atoms with Gasteiger partial charge in [0.15, 0.2) is 10.9 Å². The molecule has 152 valence electrons. The lowest BCUT2D eigenvalue weighted by atomic mass is 10.1. The zero-order chi connectivity index (χ0) is 21.8. The van der Waals surface area contributed by atoms with Gasteiger partial charge in [-0.1, -0.05) is 18.2 Å². The van der Waals surface area contributed by atoms with Gasteiger partial charge < -0.3 is 9.73 Å². The highest BCUT2D eigenvalue weighted by Crippen LogP contribution is 2.31. The number of carbonyl (C=O) groups is 1. The molecule has 1 amide bonds. The van der Waals surface area contributed by atoms with Gasteiger partial charge in [-0.05, 0) is 49.0 Å². The molecule has 0 fully saturated rings. The van der Waals surface area contributed by atoms with E-state index in [0.717, 1.165) is 0 Å². The van der Waals surface area contributed by atoms with Crippen molar-refractivity contribution >= 4 is 40.3 Å². The normalized spacial score (nSPS) is 10.3. The van der Waals surface area contributed by atoms with Crippen LogP contribution in [0.4, 0.5) is 17.1 Å². The molecule has 0 atom stereocenters. The molecule has 10 nitrogen and oxygen atoms in total. The molecule has 0 spiro atoms. The maximum atomic E-state index is 12.4. The molecule has 0 saturated heterocycles. The zero-order valence-corrected chi connectivity index (χ0v) is 16.3. The first-order valence-electron chi connectivity index (χ1n) is 8.47. The number of benzene rings is 2. The molecule has 30 heavy (non-hydrogen) atoms. The minimum Gasteiger partial charge on any atom is -0.451 e. The molecule has 2 N–H and O–H groups in total. The van der Waals surface area contributed by atoms with E-state index < -0.39 is 15.8 Å². The van der Waals surface area contributed by atoms with Crippen molar-refractivity contribution in [3.8, 4) is 11.3 Å². The van der Waals surface area contributed by atoms with E-state index in [4.69, 9.17) is 16.6 Å². The third-order valence-electron chi connectivity index (χ3n) is 4.02. The van der Waals surface area contributed by atoms with Gasteiger partial charge in [-0.3, -0.25) is 30.3 Å². The molecule has 1 heterocycles. The summed E-state index contributed by atoms with van der Waals surface area (Å²) in [5, 5.41) is 27.1. The maximum Gasteiger partial charge on any atom is 0.293 e. The molecule has 0 bridgehead atoms. The number of aryl methyl sites for hydroxylation is 1. The molecule has 11 heteroatoms. The van der Waals surface area contributed by atoms with Crippen molar-refractivity contribution in [3.63, 3.8) is 0 Å². The molecule has 0 radical (unpaired) electrons. The number of thiocarbonyl (C=S) groups is 1. The number of nitrogens with zero attached hydrogens (tertiary/aromatic N) is 2. The van der Waals surface area contributed by atoms with Crippen molar-refractivity contribution in [2.24, 2.45) is 0 Å². The number of hydrogen-bond donors (Lipinski definition) is 2. The van der Waals surface area contributed by atoms with Crippen LogP contribution in [0, 0.1) is 27.2 Å². The Morgan fingerprint density at radius 3 is 2.40 bits per heavy atom. The Bertz CT molecular complexity index is 1170. The van der Waals surface area contributed by atoms with Crippen LogP contribution in [0.25, 0.3) is 11.3 Å². The summed E-state index contributed by atoms with van der Waals surface area (Å²) in [6.45, 7) is 1.71. The van der Waals surface area contributed by atoms with Gasteiger partial charge in [0, 0.05) is 12.1 Å². The van der Waals surface area contributed by atoms with Crippen LogP contribution in [0.5, 0.6) is 0 Å². The Hall–Kier alpha value is -4.12. The van der Waals surface area contributed by atoms with Gasteiger partial charge in [-0.2, -0.15) is 0 Å². The van der Waals surface area contributed by atoms with Crippen LogP contribution in [0.2, 0.25) is 0 Å². The second kappa shape index (κ2) is 8.49. The molecular weight excluding hydrogens is 412 g/mol. The van der Waals surface area contributed by atoms with Crippen molar-refractivity contribution < 1.29 is 19.1 Å². The Balaban J connectivity index is 1.75. The molecule has 0 aliphatic carbocycles. The lowest BCUT2D eigenvalue weighted by Crippen LogP contribution is -2.34. The molecule has 0 aliphatic heterocycles. The van der Waals surface area contributed by atoms with E-state index in [9.17, 15) is 25.0 Å². The van der Waals surface area contributed by atoms with Crippen LogP contribution >= 0.6 is 12.2 Å². The van der Waals surface area contributed by atoms with Crippen LogP contribution in [0.3, 0.4) is 0 Å². The largest absolute Gasteiger partial charge is 0.451 e. The van der Waals surface area contributed by atoms with Crippen molar-refractivity contribution in [3.05, 3.63) is 86.1 Å². The number of amides is 1. The summed E-state index contributed by atoms with van der Waals surface area (Å²) in [5.74, 6) is -0.710. The standard InChI is InChI=1S/C19H14N4O6S/c1-11-6-7-13(15(10-11)23(27)28)20-19(30)21-18(24)17-9-8-16(29-17)12-4-2-3-5-14(12)22(25)26/h2-10H,1H3,(H2,20,21,24,30). The Morgan fingerprint density at radius 2 is 1.70 bits per heavy atom. The molecule has 3 rings (SSSR count). The molecule has 0 aliphatic rings. The van der Waals surface area contributed by atoms with E-state index >= 15 is 0 Å². The first-order valence-corrected chi connectivity index (χ1v) is 8.88. The van der Waals surface area contributed by atoms with Gasteiger partial charge in [0.25, 0.3) is 17.3 Å². The molecular formula is C19H14N4O6S. The minimum absolute atomic E-state index is 0.121. The fraction of sp³-hybridized carbons (Fsp3) is 0.0526. The zero-order valence-electron chi connectivity index (χ0n) is 15.4. The minimum atomic E-state index is -0.716. The van der Waals surface area contributed by atoms with Crippen molar-refractivity contribution in [2.45, 2.75) is 6.92 Å². The smallest absolute Gasteiger partial charge is 0.293 e. The number of rotatable bonds is 5. The lowest BCUT2D eigenvalue weighted by Gasteiger charge is -2.09. The quantitative estimate of drug-likeness (QED) is 0.351. The monoisotopic (exact) mass is 426 g/mol. The van der Waals surface area contributed by atoms with Crippen LogP contribution in [-0.2, 0) is 0 Å². The highest BCUT2D eigenvalue weighted by Gasteiger charge is 2.20. The van der Waals surface area contributed by atoms with Crippen LogP contribution in [0.15, 0.2) is 59.0 Å². The number of hydrogen-bond acceptors (Lipinski definition) is 7. The number of nitro benzene ring substituents is 2. The first kappa shape index (κ1) is 20.6. The second-order valence-corrected chi connectivity index (χ2v) is 6.53.